The predicted molar refractivity (Wildman–Crippen MR) is 111 cm³/mol. The maximum Gasteiger partial charge on any atom is 0.315 e. The van der Waals surface area contributed by atoms with Crippen LogP contribution in [0.5, 0.6) is 5.75 Å². The molecule has 0 saturated carbocycles. The third-order valence-electron chi connectivity index (χ3n) is 4.53. The molecule has 0 unspecified atom stereocenters. The van der Waals surface area contributed by atoms with Crippen LogP contribution in [-0.2, 0) is 11.3 Å². The normalized spacial score (nSPS) is 12.0. The summed E-state index contributed by atoms with van der Waals surface area (Å²) < 4.78 is 18.6. The zero-order valence-electron chi connectivity index (χ0n) is 16.2. The summed E-state index contributed by atoms with van der Waals surface area (Å²) in [6, 6.07) is 11.5. The zero-order valence-corrected chi connectivity index (χ0v) is 17.0. The van der Waals surface area contributed by atoms with Crippen molar-refractivity contribution in [2.75, 3.05) is 20.8 Å². The number of methoxy groups -OCH3 is 2. The first-order chi connectivity index (χ1) is 14.5. The van der Waals surface area contributed by atoms with Crippen LogP contribution in [-0.4, -0.2) is 36.2 Å². The summed E-state index contributed by atoms with van der Waals surface area (Å²) in [5, 5.41) is 11.8. The molecule has 2 heterocycles. The Balaban J connectivity index is 1.82. The van der Waals surface area contributed by atoms with Crippen LogP contribution in [0.25, 0.3) is 21.2 Å². The van der Waals surface area contributed by atoms with E-state index in [0.717, 1.165) is 10.9 Å². The highest BCUT2D eigenvalue weighted by atomic mass is 32.1. The molecule has 0 bridgehead atoms. The number of hydrogen-bond donors (Lipinski definition) is 0. The molecular formula is C20H17N3O6S. The number of thiazole rings is 1. The Labute approximate surface area is 173 Å². The van der Waals surface area contributed by atoms with Gasteiger partial charge in [-0.25, -0.2) is 0 Å². The summed E-state index contributed by atoms with van der Waals surface area (Å²) in [4.78, 5) is 28.1. The van der Waals surface area contributed by atoms with Crippen molar-refractivity contribution in [2.45, 2.75) is 6.54 Å². The highest BCUT2D eigenvalue weighted by molar-refractivity contribution is 7.16. The average molecular weight is 427 g/mol. The summed E-state index contributed by atoms with van der Waals surface area (Å²) in [5.41, 5.74) is 1.18. The number of aromatic nitrogens is 1. The van der Waals surface area contributed by atoms with Crippen LogP contribution in [0, 0.1) is 10.1 Å². The van der Waals surface area contributed by atoms with E-state index in [2.05, 4.69) is 4.99 Å². The lowest BCUT2D eigenvalue weighted by molar-refractivity contribution is -0.384. The molecule has 0 radical (unpaired) electrons. The fourth-order valence-corrected chi connectivity index (χ4v) is 4.19. The van der Waals surface area contributed by atoms with Gasteiger partial charge in [-0.3, -0.25) is 14.9 Å². The Morgan fingerprint density at radius 3 is 2.83 bits per heavy atom. The van der Waals surface area contributed by atoms with Crippen molar-refractivity contribution in [2.24, 2.45) is 4.99 Å². The van der Waals surface area contributed by atoms with E-state index < -0.39 is 10.8 Å². The molecule has 4 rings (SSSR count). The summed E-state index contributed by atoms with van der Waals surface area (Å²) in [5.74, 6) is 0.0487. The van der Waals surface area contributed by atoms with Gasteiger partial charge >= 0.3 is 5.91 Å². The van der Waals surface area contributed by atoms with E-state index >= 15 is 0 Å². The van der Waals surface area contributed by atoms with Gasteiger partial charge in [0.2, 0.25) is 0 Å². The number of para-hydroxylation sites is 1. The second-order valence-corrected chi connectivity index (χ2v) is 7.35. The van der Waals surface area contributed by atoms with E-state index in [1.807, 2.05) is 6.07 Å². The lowest BCUT2D eigenvalue weighted by Gasteiger charge is -2.03. The van der Waals surface area contributed by atoms with Crippen molar-refractivity contribution in [3.8, 4) is 5.75 Å². The molecule has 10 heteroatoms. The minimum absolute atomic E-state index is 0.0232. The van der Waals surface area contributed by atoms with Gasteiger partial charge in [0.05, 0.1) is 28.9 Å². The van der Waals surface area contributed by atoms with E-state index in [1.165, 1.54) is 30.6 Å². The quantitative estimate of drug-likeness (QED) is 0.342. The number of fused-ring (bicyclic) bond motifs is 2. The molecule has 0 saturated heterocycles. The molecule has 1 amide bonds. The summed E-state index contributed by atoms with van der Waals surface area (Å²) in [7, 11) is 3.10. The minimum Gasteiger partial charge on any atom is -0.493 e. The molecule has 0 aliphatic carbocycles. The smallest absolute Gasteiger partial charge is 0.315 e. The third kappa shape index (κ3) is 3.58. The topological polar surface area (TPSA) is 109 Å². The SMILES string of the molecule is COCCn1c(=NC(=O)c2cc3cccc(OC)c3o2)sc2cc([N+](=O)[O-])ccc21. The van der Waals surface area contributed by atoms with Gasteiger partial charge in [0.25, 0.3) is 5.69 Å². The van der Waals surface area contributed by atoms with Gasteiger partial charge in [0.15, 0.2) is 21.9 Å². The Morgan fingerprint density at radius 1 is 1.27 bits per heavy atom. The molecule has 0 N–H and O–H groups in total. The van der Waals surface area contributed by atoms with Gasteiger partial charge in [0.1, 0.15) is 0 Å². The number of carbonyl (C=O) groups is 1. The number of carbonyl (C=O) groups excluding carboxylic acids is 1. The number of ether oxygens (including phenoxy) is 2. The van der Waals surface area contributed by atoms with Crippen molar-refractivity contribution in [1.29, 1.82) is 0 Å². The number of hydrogen-bond acceptors (Lipinski definition) is 7. The Bertz CT molecular complexity index is 1330. The maximum absolute atomic E-state index is 12.8. The number of amides is 1. The standard InChI is InChI=1S/C20H17N3O6S/c1-27-9-8-22-14-7-6-13(23(25)26)11-17(14)30-20(22)21-19(24)16-10-12-4-3-5-15(28-2)18(12)29-16/h3-7,10-11H,8-9H2,1-2H3. The van der Waals surface area contributed by atoms with Gasteiger partial charge in [-0.2, -0.15) is 4.99 Å². The van der Waals surface area contributed by atoms with Crippen LogP contribution >= 0.6 is 11.3 Å². The van der Waals surface area contributed by atoms with Gasteiger partial charge < -0.3 is 18.5 Å². The molecule has 4 aromatic rings. The molecule has 0 fully saturated rings. The fraction of sp³-hybridized carbons (Fsp3) is 0.200. The highest BCUT2D eigenvalue weighted by Crippen LogP contribution is 2.29. The fourth-order valence-electron chi connectivity index (χ4n) is 3.10. The van der Waals surface area contributed by atoms with E-state index in [1.54, 1.807) is 35.9 Å². The number of non-ortho nitro benzene ring substituents is 1. The van der Waals surface area contributed by atoms with E-state index in [-0.39, 0.29) is 11.4 Å². The van der Waals surface area contributed by atoms with Crippen LogP contribution in [0.3, 0.4) is 0 Å². The zero-order chi connectivity index (χ0) is 21.3. The van der Waals surface area contributed by atoms with Gasteiger partial charge in [0, 0.05) is 31.2 Å². The first kappa shape index (κ1) is 19.8. The van der Waals surface area contributed by atoms with E-state index in [9.17, 15) is 14.9 Å². The molecule has 30 heavy (non-hydrogen) atoms. The Kier molecular flexibility index (Phi) is 5.34. The van der Waals surface area contributed by atoms with Crippen molar-refractivity contribution >= 4 is 44.1 Å². The minimum atomic E-state index is -0.555. The first-order valence-electron chi connectivity index (χ1n) is 8.94. The molecule has 0 spiro atoms. The lowest BCUT2D eigenvalue weighted by Crippen LogP contribution is -2.19. The van der Waals surface area contributed by atoms with Crippen molar-refractivity contribution in [3.05, 3.63) is 63.1 Å². The van der Waals surface area contributed by atoms with Gasteiger partial charge in [-0.1, -0.05) is 23.5 Å². The van der Waals surface area contributed by atoms with Crippen molar-refractivity contribution in [1.82, 2.24) is 4.57 Å². The Hall–Kier alpha value is -3.50. The van der Waals surface area contributed by atoms with Crippen LogP contribution in [0.2, 0.25) is 0 Å². The van der Waals surface area contributed by atoms with Crippen LogP contribution in [0.4, 0.5) is 5.69 Å². The summed E-state index contributed by atoms with van der Waals surface area (Å²) in [6.07, 6.45) is 0. The first-order valence-corrected chi connectivity index (χ1v) is 9.76. The lowest BCUT2D eigenvalue weighted by atomic mass is 10.2. The number of furan rings is 1. The molecule has 0 aliphatic heterocycles. The molecule has 0 atom stereocenters. The van der Waals surface area contributed by atoms with Crippen molar-refractivity contribution in [3.63, 3.8) is 0 Å². The molecular weight excluding hydrogens is 410 g/mol. The largest absolute Gasteiger partial charge is 0.493 e. The van der Waals surface area contributed by atoms with Crippen molar-refractivity contribution < 1.29 is 23.6 Å². The number of rotatable bonds is 6. The summed E-state index contributed by atoms with van der Waals surface area (Å²) in [6.45, 7) is 0.834. The van der Waals surface area contributed by atoms with Crippen LogP contribution in [0.1, 0.15) is 10.6 Å². The second-order valence-electron chi connectivity index (χ2n) is 6.34. The summed E-state index contributed by atoms with van der Waals surface area (Å²) >= 11 is 1.19. The molecule has 154 valence electrons. The van der Waals surface area contributed by atoms with Crippen LogP contribution in [0.15, 0.2) is 51.9 Å². The monoisotopic (exact) mass is 427 g/mol. The number of nitrogens with zero attached hydrogens (tertiary/aromatic N) is 3. The van der Waals surface area contributed by atoms with Gasteiger partial charge in [-0.15, -0.1) is 0 Å². The van der Waals surface area contributed by atoms with E-state index in [4.69, 9.17) is 13.9 Å². The number of nitro groups is 1. The predicted octanol–water partition coefficient (Wildman–Crippen LogP) is 3.75. The van der Waals surface area contributed by atoms with Crippen LogP contribution < -0.4 is 9.54 Å². The van der Waals surface area contributed by atoms with Gasteiger partial charge in [-0.05, 0) is 18.2 Å². The van der Waals surface area contributed by atoms with E-state index in [0.29, 0.717) is 34.0 Å². The third-order valence-corrected chi connectivity index (χ3v) is 5.57. The molecule has 2 aromatic carbocycles. The maximum atomic E-state index is 12.8. The number of nitro benzene ring substituents is 1. The molecule has 9 nitrogen and oxygen atoms in total. The number of benzene rings is 2. The second kappa shape index (κ2) is 8.09. The average Bonchev–Trinajstić information content (AvgIpc) is 3.32. The molecule has 2 aromatic heterocycles. The highest BCUT2D eigenvalue weighted by Gasteiger charge is 2.16. The Morgan fingerprint density at radius 2 is 2.10 bits per heavy atom. The molecule has 0 aliphatic rings.